The van der Waals surface area contributed by atoms with Crippen LogP contribution in [0.5, 0.6) is 0 Å². The van der Waals surface area contributed by atoms with Crippen molar-refractivity contribution in [1.82, 2.24) is 25.6 Å². The van der Waals surface area contributed by atoms with E-state index in [0.29, 0.717) is 28.6 Å². The summed E-state index contributed by atoms with van der Waals surface area (Å²) >= 11 is 0.884. The molecule has 9 heteroatoms. The van der Waals surface area contributed by atoms with Crippen molar-refractivity contribution in [3.05, 3.63) is 52.4 Å². The predicted octanol–water partition coefficient (Wildman–Crippen LogP) is 3.02. The number of aromatic nitrogens is 3. The van der Waals surface area contributed by atoms with Gasteiger partial charge in [0.25, 0.3) is 11.1 Å². The van der Waals surface area contributed by atoms with Crippen molar-refractivity contribution in [2.24, 2.45) is 0 Å². The lowest BCUT2D eigenvalue weighted by Gasteiger charge is -2.30. The van der Waals surface area contributed by atoms with E-state index in [1.54, 1.807) is 18.3 Å². The molecule has 1 saturated carbocycles. The Morgan fingerprint density at radius 1 is 1.13 bits per heavy atom. The Kier molecular flexibility index (Phi) is 6.39. The molecule has 3 N–H and O–H groups in total. The van der Waals surface area contributed by atoms with Crippen LogP contribution in [0.2, 0.25) is 0 Å². The third-order valence-electron chi connectivity index (χ3n) is 5.36. The van der Waals surface area contributed by atoms with Crippen molar-refractivity contribution < 1.29 is 9.59 Å². The van der Waals surface area contributed by atoms with Gasteiger partial charge in [0.1, 0.15) is 0 Å². The smallest absolute Gasteiger partial charge is 0.290 e. The highest BCUT2D eigenvalue weighted by molar-refractivity contribution is 8.18. The Morgan fingerprint density at radius 2 is 1.93 bits per heavy atom. The molecule has 4 rings (SSSR count). The van der Waals surface area contributed by atoms with Gasteiger partial charge in [0.15, 0.2) is 0 Å². The van der Waals surface area contributed by atoms with Crippen molar-refractivity contribution in [1.29, 1.82) is 0 Å². The third-order valence-corrected chi connectivity index (χ3v) is 6.17. The zero-order valence-electron chi connectivity index (χ0n) is 16.7. The molecule has 2 aromatic heterocycles. The molecule has 1 aliphatic carbocycles. The summed E-state index contributed by atoms with van der Waals surface area (Å²) in [6.07, 6.45) is 9.32. The molecule has 156 valence electrons. The van der Waals surface area contributed by atoms with Gasteiger partial charge in [0, 0.05) is 36.7 Å². The van der Waals surface area contributed by atoms with Gasteiger partial charge in [0.05, 0.1) is 10.6 Å². The van der Waals surface area contributed by atoms with Crippen LogP contribution in [0.3, 0.4) is 0 Å². The van der Waals surface area contributed by atoms with Crippen LogP contribution in [0.1, 0.15) is 42.6 Å². The normalized spacial score (nSPS) is 22.9. The molecule has 2 amide bonds. The Hall–Kier alpha value is -2.78. The number of nitrogens with zero attached hydrogens (tertiary/aromatic N) is 3. The predicted molar refractivity (Wildman–Crippen MR) is 117 cm³/mol. The van der Waals surface area contributed by atoms with Crippen LogP contribution >= 0.6 is 11.8 Å². The summed E-state index contributed by atoms with van der Waals surface area (Å²) < 4.78 is 0. The minimum absolute atomic E-state index is 0.316. The molecule has 2 aliphatic rings. The molecular formula is C21H24N6O2S. The molecule has 8 nitrogen and oxygen atoms in total. The monoisotopic (exact) mass is 424 g/mol. The summed E-state index contributed by atoms with van der Waals surface area (Å²) in [5.41, 5.74) is 2.92. The highest BCUT2D eigenvalue weighted by Crippen LogP contribution is 2.25. The van der Waals surface area contributed by atoms with E-state index < -0.39 is 0 Å². The van der Waals surface area contributed by atoms with Gasteiger partial charge in [-0.05, 0) is 68.1 Å². The summed E-state index contributed by atoms with van der Waals surface area (Å²) in [7, 11) is 0. The number of pyridine rings is 1. The molecule has 0 atom stereocenters. The van der Waals surface area contributed by atoms with E-state index in [1.807, 2.05) is 19.2 Å². The molecule has 0 bridgehead atoms. The third kappa shape index (κ3) is 5.22. The average Bonchev–Trinajstić information content (AvgIpc) is 3.05. The van der Waals surface area contributed by atoms with Crippen molar-refractivity contribution in [3.63, 3.8) is 0 Å². The van der Waals surface area contributed by atoms with Crippen LogP contribution in [0.25, 0.3) is 6.08 Å². The van der Waals surface area contributed by atoms with Crippen molar-refractivity contribution in [2.45, 2.75) is 51.2 Å². The molecule has 3 heterocycles. The topological polar surface area (TPSA) is 109 Å². The van der Waals surface area contributed by atoms with Gasteiger partial charge < -0.3 is 10.6 Å². The van der Waals surface area contributed by atoms with E-state index in [-0.39, 0.29) is 11.1 Å². The molecule has 0 radical (unpaired) electrons. The number of imide groups is 1. The van der Waals surface area contributed by atoms with Gasteiger partial charge in [-0.1, -0.05) is 6.07 Å². The number of carbonyl (C=O) groups excluding carboxylic acids is 2. The van der Waals surface area contributed by atoms with Crippen LogP contribution in [-0.4, -0.2) is 38.2 Å². The highest BCUT2D eigenvalue weighted by atomic mass is 32.2. The van der Waals surface area contributed by atoms with Crippen LogP contribution in [0.15, 0.2) is 35.5 Å². The van der Waals surface area contributed by atoms with Crippen molar-refractivity contribution in [3.8, 4) is 0 Å². The second kappa shape index (κ2) is 9.36. The molecule has 0 spiro atoms. The minimum Gasteiger partial charge on any atom is -0.351 e. The quantitative estimate of drug-likeness (QED) is 0.607. The van der Waals surface area contributed by atoms with E-state index in [4.69, 9.17) is 0 Å². The first-order valence-electron chi connectivity index (χ1n) is 10.0. The second-order valence-corrected chi connectivity index (χ2v) is 8.49. The molecule has 2 aromatic rings. The first-order valence-corrected chi connectivity index (χ1v) is 10.9. The summed E-state index contributed by atoms with van der Waals surface area (Å²) in [6.45, 7) is 2.88. The largest absolute Gasteiger partial charge is 0.351 e. The summed E-state index contributed by atoms with van der Waals surface area (Å²) in [5.74, 6) is 0.159. The van der Waals surface area contributed by atoms with Gasteiger partial charge in [-0.3, -0.25) is 19.9 Å². The molecule has 0 aromatic carbocycles. The van der Waals surface area contributed by atoms with Crippen LogP contribution in [0.4, 0.5) is 10.7 Å². The second-order valence-electron chi connectivity index (χ2n) is 7.48. The van der Waals surface area contributed by atoms with E-state index in [0.717, 1.165) is 49.7 Å². The number of hydrogen-bond acceptors (Lipinski definition) is 8. The van der Waals surface area contributed by atoms with Crippen LogP contribution in [0, 0.1) is 6.92 Å². The van der Waals surface area contributed by atoms with Crippen LogP contribution in [-0.2, 0) is 11.3 Å². The summed E-state index contributed by atoms with van der Waals surface area (Å²) in [6, 6.07) is 6.62. The molecule has 1 aliphatic heterocycles. The fourth-order valence-corrected chi connectivity index (χ4v) is 4.33. The lowest BCUT2D eigenvalue weighted by molar-refractivity contribution is -0.115. The van der Waals surface area contributed by atoms with Gasteiger partial charge in [-0.2, -0.15) is 0 Å². The lowest BCUT2D eigenvalue weighted by Crippen LogP contribution is -2.37. The van der Waals surface area contributed by atoms with E-state index in [2.05, 4.69) is 37.0 Å². The molecule has 0 unspecified atom stereocenters. The molecule has 1 saturated heterocycles. The highest BCUT2D eigenvalue weighted by Gasteiger charge is 2.25. The lowest BCUT2D eigenvalue weighted by atomic mass is 9.91. The maximum absolute atomic E-state index is 11.7. The fourth-order valence-electron chi connectivity index (χ4n) is 3.66. The number of rotatable bonds is 6. The molecule has 2 fully saturated rings. The Labute approximate surface area is 179 Å². The number of aryl methyl sites for hydroxylation is 1. The molecular weight excluding hydrogens is 400 g/mol. The number of anilines is 1. The first-order chi connectivity index (χ1) is 14.6. The van der Waals surface area contributed by atoms with Gasteiger partial charge in [-0.15, -0.1) is 0 Å². The summed E-state index contributed by atoms with van der Waals surface area (Å²) in [4.78, 5) is 36.4. The number of nitrogens with one attached hydrogen (secondary N) is 3. The Morgan fingerprint density at radius 3 is 2.67 bits per heavy atom. The standard InChI is InChI=1S/C21H24N6O2S/c1-13-14(3-2-9-22-13)12-24-15-4-6-16(7-5-15)25-20-23-10-8-17(26-20)11-18-19(28)27-21(29)30-18/h2-3,8-11,15-16,24H,4-7,12H2,1H3,(H,23,25,26)(H,27,28,29)/b18-11+. The van der Waals surface area contributed by atoms with Crippen molar-refractivity contribution in [2.75, 3.05) is 5.32 Å². The number of hydrogen-bond donors (Lipinski definition) is 3. The van der Waals surface area contributed by atoms with Crippen molar-refractivity contribution >= 4 is 34.9 Å². The first kappa shape index (κ1) is 20.5. The number of carbonyl (C=O) groups is 2. The van der Waals surface area contributed by atoms with Gasteiger partial charge in [0.2, 0.25) is 5.95 Å². The van der Waals surface area contributed by atoms with Gasteiger partial charge in [-0.25, -0.2) is 9.97 Å². The van der Waals surface area contributed by atoms with Gasteiger partial charge >= 0.3 is 0 Å². The average molecular weight is 425 g/mol. The SMILES string of the molecule is Cc1ncccc1CNC1CCC(Nc2nccc(/C=C3/SC(=O)NC3=O)n2)CC1. The van der Waals surface area contributed by atoms with Crippen LogP contribution < -0.4 is 16.0 Å². The minimum atomic E-state index is -0.384. The maximum Gasteiger partial charge on any atom is 0.290 e. The Balaban J connectivity index is 1.28. The zero-order valence-corrected chi connectivity index (χ0v) is 17.5. The Bertz CT molecular complexity index is 971. The maximum atomic E-state index is 11.7. The molecule has 30 heavy (non-hydrogen) atoms. The number of amides is 2. The van der Waals surface area contributed by atoms with E-state index in [1.165, 1.54) is 5.56 Å². The number of thioether (sulfide) groups is 1. The van der Waals surface area contributed by atoms with E-state index in [9.17, 15) is 9.59 Å². The zero-order chi connectivity index (χ0) is 20.9. The fraction of sp³-hybridized carbons (Fsp3) is 0.381. The van der Waals surface area contributed by atoms with E-state index >= 15 is 0 Å². The summed E-state index contributed by atoms with van der Waals surface area (Å²) in [5, 5.41) is 8.94.